The minimum atomic E-state index is -0.454. The summed E-state index contributed by atoms with van der Waals surface area (Å²) in [6, 6.07) is 12.7. The SMILES string of the molecule is O=C(COC(=O)C1CCN(C(=O)c2ccc(F)cc2)CC1)NCC1COc2ccccc2O1. The van der Waals surface area contributed by atoms with E-state index in [1.807, 2.05) is 18.2 Å². The molecule has 0 aliphatic carbocycles. The molecule has 0 aromatic heterocycles. The van der Waals surface area contributed by atoms with Gasteiger partial charge in [-0.25, -0.2) is 4.39 Å². The molecule has 0 radical (unpaired) electrons. The molecule has 4 rings (SSSR count). The summed E-state index contributed by atoms with van der Waals surface area (Å²) in [7, 11) is 0. The molecule has 2 aromatic carbocycles. The van der Waals surface area contributed by atoms with Crippen molar-refractivity contribution in [2.24, 2.45) is 5.92 Å². The molecule has 1 unspecified atom stereocenters. The Bertz CT molecular complexity index is 1000. The van der Waals surface area contributed by atoms with Crippen LogP contribution in [0.5, 0.6) is 11.5 Å². The maximum absolute atomic E-state index is 13.0. The molecule has 0 saturated carbocycles. The van der Waals surface area contributed by atoms with Crippen LogP contribution in [0.3, 0.4) is 0 Å². The van der Waals surface area contributed by atoms with Crippen molar-refractivity contribution in [2.45, 2.75) is 18.9 Å². The van der Waals surface area contributed by atoms with E-state index >= 15 is 0 Å². The highest BCUT2D eigenvalue weighted by Crippen LogP contribution is 2.30. The fourth-order valence-electron chi connectivity index (χ4n) is 3.79. The fourth-order valence-corrected chi connectivity index (χ4v) is 3.79. The number of fused-ring (bicyclic) bond motifs is 1. The van der Waals surface area contributed by atoms with Crippen LogP contribution in [0.25, 0.3) is 0 Å². The summed E-state index contributed by atoms with van der Waals surface area (Å²) in [6.45, 7) is 0.948. The highest BCUT2D eigenvalue weighted by molar-refractivity contribution is 5.94. The first kappa shape index (κ1) is 22.6. The second-order valence-electron chi connectivity index (χ2n) is 7.98. The number of esters is 1. The zero-order valence-electron chi connectivity index (χ0n) is 18.0. The standard InChI is InChI=1S/C24H25FN2O6/c25-18-7-5-16(6-8-18)23(29)27-11-9-17(10-12-27)24(30)32-15-22(28)26-13-19-14-31-20-3-1-2-4-21(20)33-19/h1-8,17,19H,9-15H2,(H,26,28). The monoisotopic (exact) mass is 456 g/mol. The van der Waals surface area contributed by atoms with Crippen LogP contribution < -0.4 is 14.8 Å². The van der Waals surface area contributed by atoms with E-state index in [0.717, 1.165) is 0 Å². The first-order chi connectivity index (χ1) is 16.0. The summed E-state index contributed by atoms with van der Waals surface area (Å²) in [4.78, 5) is 38.5. The molecule has 2 aromatic rings. The molecule has 2 aliphatic rings. The normalized spacial score (nSPS) is 17.8. The fraction of sp³-hybridized carbons (Fsp3) is 0.375. The molecule has 174 valence electrons. The number of hydrogen-bond donors (Lipinski definition) is 1. The van der Waals surface area contributed by atoms with Crippen molar-refractivity contribution in [2.75, 3.05) is 32.8 Å². The zero-order chi connectivity index (χ0) is 23.2. The molecular formula is C24H25FN2O6. The first-order valence-corrected chi connectivity index (χ1v) is 10.9. The molecule has 0 spiro atoms. The van der Waals surface area contributed by atoms with Crippen molar-refractivity contribution in [3.63, 3.8) is 0 Å². The molecule has 1 fully saturated rings. The van der Waals surface area contributed by atoms with E-state index in [9.17, 15) is 18.8 Å². The number of benzene rings is 2. The van der Waals surface area contributed by atoms with Crippen molar-refractivity contribution < 1.29 is 33.0 Å². The molecule has 8 nitrogen and oxygen atoms in total. The van der Waals surface area contributed by atoms with Crippen LogP contribution in [0.2, 0.25) is 0 Å². The highest BCUT2D eigenvalue weighted by Gasteiger charge is 2.29. The minimum absolute atomic E-state index is 0.197. The van der Waals surface area contributed by atoms with Gasteiger partial charge in [-0.2, -0.15) is 0 Å². The van der Waals surface area contributed by atoms with Gasteiger partial charge in [0.1, 0.15) is 18.5 Å². The second-order valence-corrected chi connectivity index (χ2v) is 7.98. The summed E-state index contributed by atoms with van der Waals surface area (Å²) >= 11 is 0. The van der Waals surface area contributed by atoms with Crippen molar-refractivity contribution in [1.82, 2.24) is 10.2 Å². The highest BCUT2D eigenvalue weighted by atomic mass is 19.1. The van der Waals surface area contributed by atoms with Gasteiger partial charge in [0.05, 0.1) is 12.5 Å². The summed E-state index contributed by atoms with van der Waals surface area (Å²) in [5, 5.41) is 2.68. The second kappa shape index (κ2) is 10.3. The number of para-hydroxylation sites is 2. The Hall–Kier alpha value is -3.62. The van der Waals surface area contributed by atoms with Gasteiger partial charge in [0.2, 0.25) is 0 Å². The molecule has 1 saturated heterocycles. The summed E-state index contributed by atoms with van der Waals surface area (Å²) in [6.07, 6.45) is 0.558. The Morgan fingerprint density at radius 1 is 1.03 bits per heavy atom. The van der Waals surface area contributed by atoms with Crippen LogP contribution in [0, 0.1) is 11.7 Å². The van der Waals surface area contributed by atoms with Gasteiger partial charge in [0.15, 0.2) is 18.1 Å². The number of ether oxygens (including phenoxy) is 3. The predicted molar refractivity (Wildman–Crippen MR) is 115 cm³/mol. The molecular weight excluding hydrogens is 431 g/mol. The lowest BCUT2D eigenvalue weighted by molar-refractivity contribution is -0.154. The minimum Gasteiger partial charge on any atom is -0.486 e. The van der Waals surface area contributed by atoms with E-state index in [1.165, 1.54) is 24.3 Å². The molecule has 9 heteroatoms. The van der Waals surface area contributed by atoms with Crippen molar-refractivity contribution >= 4 is 17.8 Å². The van der Waals surface area contributed by atoms with Crippen molar-refractivity contribution in [3.8, 4) is 11.5 Å². The third kappa shape index (κ3) is 5.79. The first-order valence-electron chi connectivity index (χ1n) is 10.9. The zero-order valence-corrected chi connectivity index (χ0v) is 18.0. The van der Waals surface area contributed by atoms with Crippen molar-refractivity contribution in [1.29, 1.82) is 0 Å². The van der Waals surface area contributed by atoms with Crippen LogP contribution in [-0.4, -0.2) is 61.6 Å². The number of rotatable bonds is 6. The summed E-state index contributed by atoms with van der Waals surface area (Å²) in [5.41, 5.74) is 0.407. The number of nitrogens with one attached hydrogen (secondary N) is 1. The van der Waals surface area contributed by atoms with Gasteiger partial charge >= 0.3 is 5.97 Å². The number of hydrogen-bond acceptors (Lipinski definition) is 6. The maximum Gasteiger partial charge on any atom is 0.309 e. The van der Waals surface area contributed by atoms with Crippen LogP contribution in [-0.2, 0) is 14.3 Å². The average molecular weight is 456 g/mol. The lowest BCUT2D eigenvalue weighted by Gasteiger charge is -2.31. The van der Waals surface area contributed by atoms with E-state index in [0.29, 0.717) is 49.6 Å². The van der Waals surface area contributed by atoms with E-state index in [4.69, 9.17) is 14.2 Å². The Labute approximate surface area is 190 Å². The molecule has 1 atom stereocenters. The number of piperidine rings is 1. The lowest BCUT2D eigenvalue weighted by Crippen LogP contribution is -2.43. The number of carbonyl (C=O) groups is 3. The maximum atomic E-state index is 13.0. The van der Waals surface area contributed by atoms with E-state index in [-0.39, 0.29) is 31.1 Å². The predicted octanol–water partition coefficient (Wildman–Crippen LogP) is 2.18. The van der Waals surface area contributed by atoms with E-state index < -0.39 is 17.7 Å². The third-order valence-electron chi connectivity index (χ3n) is 5.65. The number of amides is 2. The number of carbonyl (C=O) groups excluding carboxylic acids is 3. The Kier molecular flexibility index (Phi) is 7.07. The van der Waals surface area contributed by atoms with Gasteiger partial charge in [-0.05, 0) is 49.2 Å². The van der Waals surface area contributed by atoms with E-state index in [1.54, 1.807) is 11.0 Å². The molecule has 33 heavy (non-hydrogen) atoms. The molecule has 0 bridgehead atoms. The summed E-state index contributed by atoms with van der Waals surface area (Å²) in [5.74, 6) is -0.556. The van der Waals surface area contributed by atoms with Crippen LogP contribution in [0.1, 0.15) is 23.2 Å². The van der Waals surface area contributed by atoms with Gasteiger partial charge in [0, 0.05) is 18.7 Å². The van der Waals surface area contributed by atoms with Gasteiger partial charge in [0.25, 0.3) is 11.8 Å². The third-order valence-corrected chi connectivity index (χ3v) is 5.65. The number of halogens is 1. The van der Waals surface area contributed by atoms with E-state index in [2.05, 4.69) is 5.32 Å². The Balaban J connectivity index is 1.15. The summed E-state index contributed by atoms with van der Waals surface area (Å²) < 4.78 is 29.6. The molecule has 2 amide bonds. The number of likely N-dealkylation sites (tertiary alicyclic amines) is 1. The van der Waals surface area contributed by atoms with Gasteiger partial charge < -0.3 is 24.4 Å². The van der Waals surface area contributed by atoms with Crippen LogP contribution in [0.4, 0.5) is 4.39 Å². The largest absolute Gasteiger partial charge is 0.486 e. The quantitative estimate of drug-likeness (QED) is 0.670. The topological polar surface area (TPSA) is 94.2 Å². The van der Waals surface area contributed by atoms with Gasteiger partial charge in [-0.1, -0.05) is 12.1 Å². The average Bonchev–Trinajstić information content (AvgIpc) is 2.86. The van der Waals surface area contributed by atoms with Gasteiger partial charge in [-0.15, -0.1) is 0 Å². The Morgan fingerprint density at radius 2 is 1.73 bits per heavy atom. The van der Waals surface area contributed by atoms with Gasteiger partial charge in [-0.3, -0.25) is 14.4 Å². The molecule has 2 heterocycles. The molecule has 2 aliphatic heterocycles. The number of nitrogens with zero attached hydrogens (tertiary/aromatic N) is 1. The lowest BCUT2D eigenvalue weighted by atomic mass is 9.96. The Morgan fingerprint density at radius 3 is 2.45 bits per heavy atom. The van der Waals surface area contributed by atoms with Crippen molar-refractivity contribution in [3.05, 3.63) is 59.9 Å². The van der Waals surface area contributed by atoms with Crippen LogP contribution in [0.15, 0.2) is 48.5 Å². The van der Waals surface area contributed by atoms with Crippen LogP contribution >= 0.6 is 0 Å². The molecule has 1 N–H and O–H groups in total. The smallest absolute Gasteiger partial charge is 0.309 e.